The zero-order chi connectivity index (χ0) is 22.6. The number of rotatable bonds is 8. The number of benzene rings is 1. The number of aliphatic carboxylic acids is 1. The maximum atomic E-state index is 13.2. The van der Waals surface area contributed by atoms with E-state index in [4.69, 9.17) is 11.6 Å². The Balaban J connectivity index is 1.41. The van der Waals surface area contributed by atoms with E-state index in [0.29, 0.717) is 42.0 Å². The Kier molecular flexibility index (Phi) is 5.79. The standard InChI is InChI=1S/C24H31ClO5S/c1-23(2,6-7-31(29,30)19-5-3-4-18(25)10-19)21(26)11-20-16-8-15-9-17(20)14-24(12-15,13-16)22(27)28/h3-5,10,15-17,20H,6-9,11-14H2,1-2H3,(H,27,28). The number of sulfone groups is 1. The summed E-state index contributed by atoms with van der Waals surface area (Å²) in [6.07, 6.45) is 4.93. The summed E-state index contributed by atoms with van der Waals surface area (Å²) in [6, 6.07) is 6.22. The van der Waals surface area contributed by atoms with Gasteiger partial charge in [0.1, 0.15) is 5.78 Å². The van der Waals surface area contributed by atoms with Gasteiger partial charge in [-0.15, -0.1) is 0 Å². The predicted octanol–water partition coefficient (Wildman–Crippen LogP) is 5.02. The molecule has 4 bridgehead atoms. The number of ketones is 1. The molecule has 0 amide bonds. The number of Topliss-reactive ketones (excluding diaryl/α,β-unsaturated/α-hetero) is 1. The van der Waals surface area contributed by atoms with E-state index in [1.54, 1.807) is 12.1 Å². The van der Waals surface area contributed by atoms with Gasteiger partial charge in [-0.3, -0.25) is 9.59 Å². The fraction of sp³-hybridized carbons (Fsp3) is 0.667. The van der Waals surface area contributed by atoms with Crippen molar-refractivity contribution in [3.8, 4) is 0 Å². The molecule has 4 aliphatic rings. The number of hydrogen-bond donors (Lipinski definition) is 1. The average molecular weight is 467 g/mol. The number of halogens is 1. The normalized spacial score (nSPS) is 32.2. The largest absolute Gasteiger partial charge is 0.481 e. The molecule has 0 aliphatic heterocycles. The van der Waals surface area contributed by atoms with Crippen LogP contribution >= 0.6 is 11.6 Å². The van der Waals surface area contributed by atoms with Crippen molar-refractivity contribution in [1.29, 1.82) is 0 Å². The third-order valence-electron chi connectivity index (χ3n) is 8.25. The first-order valence-corrected chi connectivity index (χ1v) is 13.2. The van der Waals surface area contributed by atoms with Gasteiger partial charge in [0.2, 0.25) is 0 Å². The van der Waals surface area contributed by atoms with Crippen molar-refractivity contribution in [1.82, 2.24) is 0 Å². The van der Waals surface area contributed by atoms with Gasteiger partial charge in [-0.1, -0.05) is 31.5 Å². The van der Waals surface area contributed by atoms with Gasteiger partial charge in [0, 0.05) is 16.9 Å². The molecule has 0 heterocycles. The minimum Gasteiger partial charge on any atom is -0.481 e. The van der Waals surface area contributed by atoms with E-state index in [1.807, 2.05) is 13.8 Å². The molecule has 170 valence electrons. The lowest BCUT2D eigenvalue weighted by molar-refractivity contribution is -0.171. The molecule has 7 heteroatoms. The molecule has 2 unspecified atom stereocenters. The molecule has 4 saturated carbocycles. The molecule has 31 heavy (non-hydrogen) atoms. The Hall–Kier alpha value is -1.40. The Labute approximate surface area is 189 Å². The molecule has 1 N–H and O–H groups in total. The Morgan fingerprint density at radius 3 is 2.39 bits per heavy atom. The lowest BCUT2D eigenvalue weighted by atomic mass is 9.45. The van der Waals surface area contributed by atoms with Crippen LogP contribution in [-0.2, 0) is 19.4 Å². The van der Waals surface area contributed by atoms with Crippen LogP contribution in [0.15, 0.2) is 29.2 Å². The van der Waals surface area contributed by atoms with Crippen LogP contribution in [0.2, 0.25) is 5.02 Å². The van der Waals surface area contributed by atoms with Crippen LogP contribution in [0.25, 0.3) is 0 Å². The van der Waals surface area contributed by atoms with Gasteiger partial charge in [0.05, 0.1) is 16.1 Å². The highest BCUT2D eigenvalue weighted by Gasteiger charge is 2.58. The fourth-order valence-corrected chi connectivity index (χ4v) is 8.38. The van der Waals surface area contributed by atoms with Gasteiger partial charge in [-0.05, 0) is 80.4 Å². The highest BCUT2D eigenvalue weighted by molar-refractivity contribution is 7.91. The lowest BCUT2D eigenvalue weighted by Crippen LogP contribution is -2.54. The van der Waals surface area contributed by atoms with E-state index in [0.717, 1.165) is 19.3 Å². The van der Waals surface area contributed by atoms with Crippen molar-refractivity contribution in [2.45, 2.75) is 63.7 Å². The van der Waals surface area contributed by atoms with E-state index in [1.165, 1.54) is 12.1 Å². The summed E-state index contributed by atoms with van der Waals surface area (Å²) < 4.78 is 25.4. The van der Waals surface area contributed by atoms with Crippen LogP contribution in [0.3, 0.4) is 0 Å². The van der Waals surface area contributed by atoms with Gasteiger partial charge in [0.15, 0.2) is 9.84 Å². The van der Waals surface area contributed by atoms with Gasteiger partial charge in [-0.2, -0.15) is 0 Å². The van der Waals surface area contributed by atoms with Crippen molar-refractivity contribution < 1.29 is 23.1 Å². The van der Waals surface area contributed by atoms with Gasteiger partial charge in [0.25, 0.3) is 0 Å². The highest BCUT2D eigenvalue weighted by atomic mass is 35.5. The SMILES string of the molecule is CC(C)(CCS(=O)(=O)c1cccc(Cl)c1)C(=O)CC1C2CC3CC1CC(C(=O)O)(C3)C2. The molecule has 4 aliphatic carbocycles. The molecule has 1 aromatic rings. The Morgan fingerprint density at radius 1 is 1.16 bits per heavy atom. The van der Waals surface area contributed by atoms with E-state index in [2.05, 4.69) is 0 Å². The molecule has 2 atom stereocenters. The summed E-state index contributed by atoms with van der Waals surface area (Å²) in [5.74, 6) is 0.651. The van der Waals surface area contributed by atoms with Crippen LogP contribution in [0, 0.1) is 34.5 Å². The van der Waals surface area contributed by atoms with Crippen molar-refractivity contribution in [2.24, 2.45) is 34.5 Å². The average Bonchev–Trinajstić information content (AvgIpc) is 2.68. The number of carbonyl (C=O) groups is 2. The fourth-order valence-electron chi connectivity index (χ4n) is 6.52. The van der Waals surface area contributed by atoms with Crippen molar-refractivity contribution in [3.05, 3.63) is 29.3 Å². The molecule has 0 aromatic heterocycles. The minimum absolute atomic E-state index is 0.0932. The van der Waals surface area contributed by atoms with E-state index in [9.17, 15) is 23.1 Å². The first kappa shape index (κ1) is 22.8. The minimum atomic E-state index is -3.52. The first-order valence-electron chi connectivity index (χ1n) is 11.2. The topological polar surface area (TPSA) is 88.5 Å². The maximum Gasteiger partial charge on any atom is 0.309 e. The van der Waals surface area contributed by atoms with E-state index in [-0.39, 0.29) is 28.8 Å². The number of carboxylic acid groups (broad SMARTS) is 1. The summed E-state index contributed by atoms with van der Waals surface area (Å²) in [5, 5.41) is 10.2. The molecule has 5 nitrogen and oxygen atoms in total. The van der Waals surface area contributed by atoms with Crippen molar-refractivity contribution >= 4 is 33.2 Å². The number of carbonyl (C=O) groups excluding carboxylic acids is 1. The number of hydrogen-bond acceptors (Lipinski definition) is 4. The first-order chi connectivity index (χ1) is 14.4. The summed E-state index contributed by atoms with van der Waals surface area (Å²) in [4.78, 5) is 25.4. The zero-order valence-electron chi connectivity index (χ0n) is 18.1. The highest BCUT2D eigenvalue weighted by Crippen LogP contribution is 2.63. The number of carboxylic acids is 1. The smallest absolute Gasteiger partial charge is 0.309 e. The molecule has 4 fully saturated rings. The zero-order valence-corrected chi connectivity index (χ0v) is 19.7. The van der Waals surface area contributed by atoms with Gasteiger partial charge < -0.3 is 5.11 Å². The summed E-state index contributed by atoms with van der Waals surface area (Å²) >= 11 is 5.93. The van der Waals surface area contributed by atoms with Crippen LogP contribution in [0.1, 0.15) is 58.8 Å². The Morgan fingerprint density at radius 2 is 1.81 bits per heavy atom. The van der Waals surface area contributed by atoms with Crippen LogP contribution in [0.4, 0.5) is 0 Å². The molecule has 0 spiro atoms. The predicted molar refractivity (Wildman–Crippen MR) is 119 cm³/mol. The third kappa shape index (κ3) is 4.30. The second-order valence-electron chi connectivity index (χ2n) is 10.8. The van der Waals surface area contributed by atoms with Crippen LogP contribution in [-0.4, -0.2) is 31.0 Å². The van der Waals surface area contributed by atoms with Gasteiger partial charge in [-0.25, -0.2) is 8.42 Å². The van der Waals surface area contributed by atoms with E-state index >= 15 is 0 Å². The van der Waals surface area contributed by atoms with Crippen LogP contribution in [0.5, 0.6) is 0 Å². The second kappa shape index (κ2) is 7.87. The van der Waals surface area contributed by atoms with Gasteiger partial charge >= 0.3 is 5.97 Å². The van der Waals surface area contributed by atoms with Crippen molar-refractivity contribution in [2.75, 3.05) is 5.75 Å². The summed E-state index contributed by atoms with van der Waals surface area (Å²) in [7, 11) is -3.52. The molecule has 1 aromatic carbocycles. The summed E-state index contributed by atoms with van der Waals surface area (Å²) in [5.41, 5.74) is -1.32. The Bertz CT molecular complexity index is 983. The summed E-state index contributed by atoms with van der Waals surface area (Å²) in [6.45, 7) is 3.66. The maximum absolute atomic E-state index is 13.2. The molecule has 5 rings (SSSR count). The third-order valence-corrected chi connectivity index (χ3v) is 10.2. The lowest BCUT2D eigenvalue weighted by Gasteiger charge is -2.58. The molecular weight excluding hydrogens is 436 g/mol. The van der Waals surface area contributed by atoms with Crippen molar-refractivity contribution in [3.63, 3.8) is 0 Å². The monoisotopic (exact) mass is 466 g/mol. The van der Waals surface area contributed by atoms with Crippen LogP contribution < -0.4 is 0 Å². The van der Waals surface area contributed by atoms with E-state index < -0.39 is 26.6 Å². The molecular formula is C24H31ClO5S. The molecule has 0 radical (unpaired) electrons. The quantitative estimate of drug-likeness (QED) is 0.581. The second-order valence-corrected chi connectivity index (χ2v) is 13.3. The molecule has 0 saturated heterocycles.